The summed E-state index contributed by atoms with van der Waals surface area (Å²) < 4.78 is 0. The summed E-state index contributed by atoms with van der Waals surface area (Å²) in [6.07, 6.45) is 11.0. The summed E-state index contributed by atoms with van der Waals surface area (Å²) in [5.41, 5.74) is 1.16. The normalized spacial score (nSPS) is 16.8. The third-order valence-corrected chi connectivity index (χ3v) is 4.88. The maximum absolute atomic E-state index is 4.49. The van der Waals surface area contributed by atoms with Crippen LogP contribution >= 0.6 is 11.3 Å². The van der Waals surface area contributed by atoms with Gasteiger partial charge in [0.1, 0.15) is 5.01 Å². The summed E-state index contributed by atoms with van der Waals surface area (Å²) in [5, 5.41) is 4.75. The maximum Gasteiger partial charge on any atom is 0.107 e. The van der Waals surface area contributed by atoms with Crippen molar-refractivity contribution < 1.29 is 0 Å². The average Bonchev–Trinajstić information content (AvgIpc) is 3.10. The third-order valence-electron chi connectivity index (χ3n) is 3.85. The number of hydrogen-bond acceptors (Lipinski definition) is 3. The monoisotopic (exact) mass is 275 g/mol. The molecule has 0 spiro atoms. The molecule has 0 amide bonds. The van der Waals surface area contributed by atoms with Crippen molar-refractivity contribution in [2.75, 3.05) is 6.54 Å². The van der Waals surface area contributed by atoms with E-state index in [9.17, 15) is 0 Å². The second kappa shape index (κ2) is 6.35. The van der Waals surface area contributed by atoms with Crippen LogP contribution in [0.3, 0.4) is 0 Å². The smallest absolute Gasteiger partial charge is 0.107 e. The zero-order valence-corrected chi connectivity index (χ0v) is 12.0. The lowest BCUT2D eigenvalue weighted by molar-refractivity contribution is 0.342. The summed E-state index contributed by atoms with van der Waals surface area (Å²) in [5.74, 6) is 0.886. The van der Waals surface area contributed by atoms with Gasteiger partial charge in [-0.1, -0.05) is 19.3 Å². The summed E-state index contributed by atoms with van der Waals surface area (Å²) in [6.45, 7) is 2.05. The molecular weight excluding hydrogens is 254 g/mol. The highest BCUT2D eigenvalue weighted by atomic mass is 32.1. The fraction of sp³-hybridized carbons (Fsp3) is 0.533. The number of H-pyrrole nitrogens is 1. The molecule has 2 N–H and O–H groups in total. The highest BCUT2D eigenvalue weighted by Gasteiger charge is 2.13. The van der Waals surface area contributed by atoms with E-state index in [-0.39, 0.29) is 0 Å². The lowest BCUT2D eigenvalue weighted by atomic mass is 9.89. The van der Waals surface area contributed by atoms with E-state index in [1.165, 1.54) is 42.0 Å². The Labute approximate surface area is 118 Å². The largest absolute Gasteiger partial charge is 0.360 e. The second-order valence-corrected chi connectivity index (χ2v) is 6.45. The fourth-order valence-electron chi connectivity index (χ4n) is 2.77. The van der Waals surface area contributed by atoms with Crippen LogP contribution in [0.15, 0.2) is 24.5 Å². The number of thiazole rings is 1. The summed E-state index contributed by atoms with van der Waals surface area (Å²) in [6, 6.07) is 4.11. The highest BCUT2D eigenvalue weighted by Crippen LogP contribution is 2.25. The van der Waals surface area contributed by atoms with Crippen LogP contribution < -0.4 is 5.32 Å². The van der Waals surface area contributed by atoms with Gasteiger partial charge in [0.05, 0.1) is 10.6 Å². The second-order valence-electron chi connectivity index (χ2n) is 5.34. The Kier molecular flexibility index (Phi) is 4.30. The summed E-state index contributed by atoms with van der Waals surface area (Å²) in [7, 11) is 0. The topological polar surface area (TPSA) is 40.7 Å². The molecule has 2 aromatic rings. The van der Waals surface area contributed by atoms with E-state index in [0.29, 0.717) is 0 Å². The zero-order valence-electron chi connectivity index (χ0n) is 11.2. The van der Waals surface area contributed by atoms with Crippen molar-refractivity contribution in [1.29, 1.82) is 0 Å². The van der Waals surface area contributed by atoms with Crippen molar-refractivity contribution in [3.63, 3.8) is 0 Å². The van der Waals surface area contributed by atoms with Crippen molar-refractivity contribution >= 4 is 11.3 Å². The van der Waals surface area contributed by atoms with Crippen LogP contribution in [0.1, 0.15) is 37.1 Å². The molecule has 2 aromatic heterocycles. The molecule has 0 atom stereocenters. The predicted molar refractivity (Wildman–Crippen MR) is 80.2 cm³/mol. The first kappa shape index (κ1) is 12.9. The van der Waals surface area contributed by atoms with Crippen molar-refractivity contribution in [3.8, 4) is 10.6 Å². The minimum absolute atomic E-state index is 0.886. The van der Waals surface area contributed by atoms with Crippen LogP contribution in [0.2, 0.25) is 0 Å². The SMILES string of the molecule is c1c[nH]c(-c2cnc(CNCC3CCCCC3)s2)c1. The van der Waals surface area contributed by atoms with E-state index in [4.69, 9.17) is 0 Å². The van der Waals surface area contributed by atoms with Gasteiger partial charge in [-0.25, -0.2) is 4.98 Å². The van der Waals surface area contributed by atoms with Crippen LogP contribution in [0.25, 0.3) is 10.6 Å². The van der Waals surface area contributed by atoms with Gasteiger partial charge in [0, 0.05) is 18.9 Å². The van der Waals surface area contributed by atoms with Crippen LogP contribution in [0.5, 0.6) is 0 Å². The van der Waals surface area contributed by atoms with E-state index in [2.05, 4.69) is 21.4 Å². The Balaban J connectivity index is 1.48. The van der Waals surface area contributed by atoms with E-state index in [0.717, 1.165) is 24.7 Å². The first-order chi connectivity index (χ1) is 9.42. The van der Waals surface area contributed by atoms with E-state index in [1.54, 1.807) is 11.3 Å². The quantitative estimate of drug-likeness (QED) is 0.871. The Morgan fingerprint density at radius 2 is 2.21 bits per heavy atom. The fourth-order valence-corrected chi connectivity index (χ4v) is 3.65. The first-order valence-electron chi connectivity index (χ1n) is 7.21. The molecular formula is C15H21N3S. The molecule has 0 aliphatic heterocycles. The Morgan fingerprint density at radius 3 is 3.00 bits per heavy atom. The molecule has 0 radical (unpaired) electrons. The number of nitrogens with one attached hydrogen (secondary N) is 2. The molecule has 0 bridgehead atoms. The van der Waals surface area contributed by atoms with Crippen molar-refractivity contribution in [1.82, 2.24) is 15.3 Å². The molecule has 0 unspecified atom stereocenters. The van der Waals surface area contributed by atoms with Crippen LogP contribution in [-0.4, -0.2) is 16.5 Å². The first-order valence-corrected chi connectivity index (χ1v) is 8.02. The minimum Gasteiger partial charge on any atom is -0.360 e. The van der Waals surface area contributed by atoms with Crippen molar-refractivity contribution in [2.45, 2.75) is 38.6 Å². The van der Waals surface area contributed by atoms with Gasteiger partial charge in [-0.3, -0.25) is 0 Å². The molecule has 0 aromatic carbocycles. The molecule has 1 saturated carbocycles. The van der Waals surface area contributed by atoms with Gasteiger partial charge >= 0.3 is 0 Å². The molecule has 1 fully saturated rings. The highest BCUT2D eigenvalue weighted by molar-refractivity contribution is 7.15. The average molecular weight is 275 g/mol. The Morgan fingerprint density at radius 1 is 1.32 bits per heavy atom. The van der Waals surface area contributed by atoms with Crippen molar-refractivity contribution in [3.05, 3.63) is 29.5 Å². The Bertz CT molecular complexity index is 483. The van der Waals surface area contributed by atoms with Crippen LogP contribution in [-0.2, 0) is 6.54 Å². The van der Waals surface area contributed by atoms with Crippen LogP contribution in [0.4, 0.5) is 0 Å². The molecule has 1 aliphatic rings. The predicted octanol–water partition coefficient (Wildman–Crippen LogP) is 3.81. The van der Waals surface area contributed by atoms with E-state index in [1.807, 2.05) is 18.5 Å². The molecule has 102 valence electrons. The molecule has 0 saturated heterocycles. The number of aromatic nitrogens is 2. The standard InChI is InChI=1S/C15H21N3S/c1-2-5-12(6-3-1)9-16-11-15-18-10-14(19-15)13-7-4-8-17-13/h4,7-8,10,12,16-17H,1-3,5-6,9,11H2. The number of hydrogen-bond donors (Lipinski definition) is 2. The van der Waals surface area contributed by atoms with Gasteiger partial charge < -0.3 is 10.3 Å². The minimum atomic E-state index is 0.886. The Hall–Kier alpha value is -1.13. The zero-order chi connectivity index (χ0) is 12.9. The molecule has 4 heteroatoms. The number of rotatable bonds is 5. The summed E-state index contributed by atoms with van der Waals surface area (Å²) in [4.78, 5) is 8.94. The lowest BCUT2D eigenvalue weighted by Gasteiger charge is -2.21. The molecule has 3 nitrogen and oxygen atoms in total. The van der Waals surface area contributed by atoms with Gasteiger partial charge in [0.2, 0.25) is 0 Å². The summed E-state index contributed by atoms with van der Waals surface area (Å²) >= 11 is 1.77. The maximum atomic E-state index is 4.49. The molecule has 19 heavy (non-hydrogen) atoms. The number of nitrogens with zero attached hydrogens (tertiary/aromatic N) is 1. The molecule has 1 aliphatic carbocycles. The van der Waals surface area contributed by atoms with Crippen molar-refractivity contribution in [2.24, 2.45) is 5.92 Å². The van der Waals surface area contributed by atoms with Gasteiger partial charge in [-0.2, -0.15) is 0 Å². The van der Waals surface area contributed by atoms with Gasteiger partial charge in [0.15, 0.2) is 0 Å². The van der Waals surface area contributed by atoms with Gasteiger partial charge in [-0.05, 0) is 37.4 Å². The lowest BCUT2D eigenvalue weighted by Crippen LogP contribution is -2.24. The third kappa shape index (κ3) is 3.45. The van der Waals surface area contributed by atoms with E-state index < -0.39 is 0 Å². The van der Waals surface area contributed by atoms with Gasteiger partial charge in [-0.15, -0.1) is 11.3 Å². The molecule has 2 heterocycles. The van der Waals surface area contributed by atoms with Crippen LogP contribution in [0, 0.1) is 5.92 Å². The van der Waals surface area contributed by atoms with E-state index >= 15 is 0 Å². The van der Waals surface area contributed by atoms with Gasteiger partial charge in [0.25, 0.3) is 0 Å². The molecule has 3 rings (SSSR count). The number of aromatic amines is 1.